The van der Waals surface area contributed by atoms with Gasteiger partial charge in [0, 0.05) is 22.8 Å². The fourth-order valence-electron chi connectivity index (χ4n) is 3.43. The van der Waals surface area contributed by atoms with E-state index in [1.54, 1.807) is 6.07 Å². The molecule has 1 aliphatic rings. The predicted molar refractivity (Wildman–Crippen MR) is 119 cm³/mol. The Morgan fingerprint density at radius 1 is 0.966 bits per heavy atom. The molecule has 0 bridgehead atoms. The Hall–Kier alpha value is -3.05. The normalized spacial score (nSPS) is 12.5. The zero-order valence-corrected chi connectivity index (χ0v) is 17.0. The molecule has 3 aromatic rings. The molecule has 0 saturated heterocycles. The molecule has 4 nitrogen and oxygen atoms in total. The van der Waals surface area contributed by atoms with Gasteiger partial charge >= 0.3 is 0 Å². The van der Waals surface area contributed by atoms with Crippen LogP contribution in [0.4, 0.5) is 11.4 Å². The summed E-state index contributed by atoms with van der Waals surface area (Å²) in [5.74, 6) is 0.188. The van der Waals surface area contributed by atoms with Crippen LogP contribution in [0.15, 0.2) is 77.7 Å². The third-order valence-corrected chi connectivity index (χ3v) is 6.04. The molecular formula is C24H22N2O2S. The van der Waals surface area contributed by atoms with Crippen LogP contribution < -0.4 is 10.2 Å². The molecule has 4 rings (SSSR count). The summed E-state index contributed by atoms with van der Waals surface area (Å²) in [5, 5.41) is 2.93. The Morgan fingerprint density at radius 2 is 1.69 bits per heavy atom. The molecule has 1 heterocycles. The fourth-order valence-corrected chi connectivity index (χ4v) is 4.36. The lowest BCUT2D eigenvalue weighted by atomic mass is 10.2. The lowest BCUT2D eigenvalue weighted by Crippen LogP contribution is -2.30. The van der Waals surface area contributed by atoms with Crippen molar-refractivity contribution in [3.63, 3.8) is 0 Å². The van der Waals surface area contributed by atoms with Gasteiger partial charge in [0.2, 0.25) is 5.91 Å². The molecule has 0 saturated carbocycles. The van der Waals surface area contributed by atoms with E-state index in [0.29, 0.717) is 17.9 Å². The van der Waals surface area contributed by atoms with Gasteiger partial charge in [-0.1, -0.05) is 48.0 Å². The molecule has 2 amide bonds. The quantitative estimate of drug-likeness (QED) is 0.616. The Morgan fingerprint density at radius 3 is 2.52 bits per heavy atom. The number of rotatable bonds is 5. The Labute approximate surface area is 174 Å². The average molecular weight is 403 g/mol. The van der Waals surface area contributed by atoms with Crippen molar-refractivity contribution in [3.8, 4) is 0 Å². The van der Waals surface area contributed by atoms with Gasteiger partial charge in [-0.2, -0.15) is 0 Å². The topological polar surface area (TPSA) is 49.4 Å². The van der Waals surface area contributed by atoms with Crippen molar-refractivity contribution in [2.24, 2.45) is 0 Å². The fraction of sp³-hybridized carbons (Fsp3) is 0.167. The van der Waals surface area contributed by atoms with Gasteiger partial charge in [-0.05, 0) is 49.2 Å². The van der Waals surface area contributed by atoms with Crippen LogP contribution in [0.1, 0.15) is 21.5 Å². The lowest BCUT2D eigenvalue weighted by molar-refractivity contribution is -0.116. The molecule has 146 valence electrons. The molecular weight excluding hydrogens is 380 g/mol. The highest BCUT2D eigenvalue weighted by Crippen LogP contribution is 2.30. The number of thioether (sulfide) groups is 1. The van der Waals surface area contributed by atoms with Crippen molar-refractivity contribution in [3.05, 3.63) is 89.5 Å². The van der Waals surface area contributed by atoms with Crippen molar-refractivity contribution in [2.75, 3.05) is 22.5 Å². The summed E-state index contributed by atoms with van der Waals surface area (Å²) < 4.78 is 0. The number of carbonyl (C=O) groups excluding carboxylic acids is 2. The summed E-state index contributed by atoms with van der Waals surface area (Å²) in [7, 11) is 0. The van der Waals surface area contributed by atoms with Crippen LogP contribution in [-0.4, -0.2) is 24.1 Å². The number of aryl methyl sites for hydroxylation is 1. The SMILES string of the molecule is Cc1ccc(NC(=O)c2ccccc2SCC(=O)N2CCc3ccccc32)cc1. The van der Waals surface area contributed by atoms with Crippen molar-refractivity contribution < 1.29 is 9.59 Å². The van der Waals surface area contributed by atoms with Crippen LogP contribution in [0.5, 0.6) is 0 Å². The van der Waals surface area contributed by atoms with Crippen LogP contribution >= 0.6 is 11.8 Å². The van der Waals surface area contributed by atoms with Crippen molar-refractivity contribution >= 4 is 35.0 Å². The molecule has 0 atom stereocenters. The summed E-state index contributed by atoms with van der Waals surface area (Å²) >= 11 is 1.41. The zero-order chi connectivity index (χ0) is 20.2. The van der Waals surface area contributed by atoms with E-state index in [0.717, 1.165) is 28.3 Å². The second-order valence-corrected chi connectivity index (χ2v) is 8.05. The molecule has 0 aromatic heterocycles. The first-order valence-electron chi connectivity index (χ1n) is 9.60. The molecule has 0 radical (unpaired) electrons. The molecule has 0 unspecified atom stereocenters. The van der Waals surface area contributed by atoms with E-state index >= 15 is 0 Å². The van der Waals surface area contributed by atoms with E-state index in [4.69, 9.17) is 0 Å². The number of fused-ring (bicyclic) bond motifs is 1. The molecule has 5 heteroatoms. The highest BCUT2D eigenvalue weighted by molar-refractivity contribution is 8.00. The van der Waals surface area contributed by atoms with E-state index in [-0.39, 0.29) is 11.8 Å². The molecule has 0 spiro atoms. The van der Waals surface area contributed by atoms with Gasteiger partial charge < -0.3 is 10.2 Å². The minimum absolute atomic E-state index is 0.0636. The number of hydrogen-bond donors (Lipinski definition) is 1. The highest BCUT2D eigenvalue weighted by atomic mass is 32.2. The first-order valence-corrected chi connectivity index (χ1v) is 10.6. The standard InChI is InChI=1S/C24H22N2O2S/c1-17-10-12-19(13-11-17)25-24(28)20-7-3-5-9-22(20)29-16-23(27)26-15-14-18-6-2-4-8-21(18)26/h2-13H,14-16H2,1H3,(H,25,28). The van der Waals surface area contributed by atoms with Gasteiger partial charge in [0.1, 0.15) is 0 Å². The third-order valence-electron chi connectivity index (χ3n) is 4.98. The van der Waals surface area contributed by atoms with Gasteiger partial charge in [0.25, 0.3) is 5.91 Å². The zero-order valence-electron chi connectivity index (χ0n) is 16.2. The molecule has 1 aliphatic heterocycles. The second kappa shape index (κ2) is 8.53. The highest BCUT2D eigenvalue weighted by Gasteiger charge is 2.24. The van der Waals surface area contributed by atoms with Crippen molar-refractivity contribution in [1.82, 2.24) is 0 Å². The Bertz CT molecular complexity index is 1050. The number of benzene rings is 3. The Kier molecular flexibility index (Phi) is 5.67. The number of nitrogens with zero attached hydrogens (tertiary/aromatic N) is 1. The number of para-hydroxylation sites is 1. The van der Waals surface area contributed by atoms with Gasteiger partial charge in [-0.25, -0.2) is 0 Å². The van der Waals surface area contributed by atoms with Crippen LogP contribution in [0.25, 0.3) is 0 Å². The summed E-state index contributed by atoms with van der Waals surface area (Å²) in [4.78, 5) is 28.2. The summed E-state index contributed by atoms with van der Waals surface area (Å²) in [6.07, 6.45) is 0.891. The molecule has 0 aliphatic carbocycles. The first kappa shape index (κ1) is 19.3. The van der Waals surface area contributed by atoms with E-state index in [1.165, 1.54) is 17.3 Å². The lowest BCUT2D eigenvalue weighted by Gasteiger charge is -2.17. The van der Waals surface area contributed by atoms with Crippen LogP contribution in [0.2, 0.25) is 0 Å². The van der Waals surface area contributed by atoms with Gasteiger partial charge in [-0.15, -0.1) is 11.8 Å². The molecule has 3 aromatic carbocycles. The number of hydrogen-bond acceptors (Lipinski definition) is 3. The number of anilines is 2. The number of carbonyl (C=O) groups is 2. The van der Waals surface area contributed by atoms with E-state index < -0.39 is 0 Å². The molecule has 1 N–H and O–H groups in total. The maximum atomic E-state index is 12.8. The third kappa shape index (κ3) is 4.35. The maximum Gasteiger partial charge on any atom is 0.256 e. The van der Waals surface area contributed by atoms with E-state index in [9.17, 15) is 9.59 Å². The van der Waals surface area contributed by atoms with Crippen LogP contribution in [-0.2, 0) is 11.2 Å². The molecule has 0 fully saturated rings. The monoisotopic (exact) mass is 402 g/mol. The van der Waals surface area contributed by atoms with Gasteiger partial charge in [0.05, 0.1) is 11.3 Å². The number of amides is 2. The minimum atomic E-state index is -0.170. The smallest absolute Gasteiger partial charge is 0.256 e. The summed E-state index contributed by atoms with van der Waals surface area (Å²) in [6.45, 7) is 2.72. The minimum Gasteiger partial charge on any atom is -0.322 e. The summed E-state index contributed by atoms with van der Waals surface area (Å²) in [6, 6.07) is 23.1. The average Bonchev–Trinajstić information content (AvgIpc) is 3.18. The van der Waals surface area contributed by atoms with E-state index in [2.05, 4.69) is 11.4 Å². The number of nitrogens with one attached hydrogen (secondary N) is 1. The predicted octanol–water partition coefficient (Wildman–Crippen LogP) is 4.93. The maximum absolute atomic E-state index is 12.8. The van der Waals surface area contributed by atoms with Gasteiger partial charge in [0.15, 0.2) is 0 Å². The van der Waals surface area contributed by atoms with Crippen molar-refractivity contribution in [2.45, 2.75) is 18.2 Å². The first-order chi connectivity index (χ1) is 14.1. The largest absolute Gasteiger partial charge is 0.322 e. The Balaban J connectivity index is 1.44. The van der Waals surface area contributed by atoms with Crippen LogP contribution in [0, 0.1) is 6.92 Å². The van der Waals surface area contributed by atoms with Crippen molar-refractivity contribution in [1.29, 1.82) is 0 Å². The second-order valence-electron chi connectivity index (χ2n) is 7.03. The van der Waals surface area contributed by atoms with Gasteiger partial charge in [-0.3, -0.25) is 9.59 Å². The van der Waals surface area contributed by atoms with Crippen LogP contribution in [0.3, 0.4) is 0 Å². The summed E-state index contributed by atoms with van der Waals surface area (Å²) in [5.41, 5.74) is 4.69. The molecule has 29 heavy (non-hydrogen) atoms. The van der Waals surface area contributed by atoms with E-state index in [1.807, 2.05) is 72.5 Å².